The zero-order valence-corrected chi connectivity index (χ0v) is 12.7. The van der Waals surface area contributed by atoms with E-state index in [9.17, 15) is 4.79 Å². The predicted molar refractivity (Wildman–Crippen MR) is 76.8 cm³/mol. The van der Waals surface area contributed by atoms with Crippen molar-refractivity contribution in [1.29, 1.82) is 0 Å². The van der Waals surface area contributed by atoms with E-state index in [0.29, 0.717) is 6.42 Å². The normalized spacial score (nSPS) is 19.8. The molecule has 4 nitrogen and oxygen atoms in total. The van der Waals surface area contributed by atoms with Crippen LogP contribution in [0.2, 0.25) is 0 Å². The van der Waals surface area contributed by atoms with Gasteiger partial charge in [0.15, 0.2) is 5.78 Å². The fourth-order valence-electron chi connectivity index (χ4n) is 2.18. The van der Waals surface area contributed by atoms with Gasteiger partial charge in [-0.05, 0) is 19.4 Å². The van der Waals surface area contributed by atoms with Crippen molar-refractivity contribution < 1.29 is 9.32 Å². The monoisotopic (exact) mass is 286 g/mol. The highest BCUT2D eigenvalue weighted by Gasteiger charge is 2.24. The zero-order valence-electron chi connectivity index (χ0n) is 11.9. The minimum absolute atomic E-state index is 0. The van der Waals surface area contributed by atoms with Crippen LogP contribution in [-0.2, 0) is 16.6 Å². The Bertz CT molecular complexity index is 417. The van der Waals surface area contributed by atoms with Gasteiger partial charge in [0, 0.05) is 11.5 Å². The van der Waals surface area contributed by atoms with Crippen LogP contribution in [0.15, 0.2) is 10.6 Å². The van der Waals surface area contributed by atoms with E-state index in [-0.39, 0.29) is 29.6 Å². The van der Waals surface area contributed by atoms with Gasteiger partial charge in [-0.2, -0.15) is 0 Å². The van der Waals surface area contributed by atoms with E-state index >= 15 is 0 Å². The number of carbonyl (C=O) groups excluding carboxylic acids is 1. The van der Waals surface area contributed by atoms with Crippen molar-refractivity contribution in [2.45, 2.75) is 57.9 Å². The van der Waals surface area contributed by atoms with Gasteiger partial charge in [0.25, 0.3) is 0 Å². The molecular formula is C14H23ClN2O2. The van der Waals surface area contributed by atoms with Crippen LogP contribution < -0.4 is 5.32 Å². The van der Waals surface area contributed by atoms with E-state index in [0.717, 1.165) is 30.8 Å². The smallest absolute Gasteiger partial charge is 0.155 e. The van der Waals surface area contributed by atoms with Crippen molar-refractivity contribution in [2.75, 3.05) is 6.54 Å². The molecule has 108 valence electrons. The third-order valence-electron chi connectivity index (χ3n) is 3.35. The lowest BCUT2D eigenvalue weighted by atomic mass is 9.92. The molecule has 1 aromatic heterocycles. The summed E-state index contributed by atoms with van der Waals surface area (Å²) in [6.07, 6.45) is 3.62. The van der Waals surface area contributed by atoms with Crippen LogP contribution in [0.1, 0.15) is 51.5 Å². The first-order chi connectivity index (χ1) is 8.47. The Morgan fingerprint density at radius 2 is 2.21 bits per heavy atom. The Kier molecular flexibility index (Phi) is 5.56. The Labute approximate surface area is 120 Å². The van der Waals surface area contributed by atoms with E-state index < -0.39 is 0 Å². The molecule has 1 aliphatic heterocycles. The van der Waals surface area contributed by atoms with Gasteiger partial charge in [0.1, 0.15) is 5.76 Å². The third kappa shape index (κ3) is 4.32. The quantitative estimate of drug-likeness (QED) is 0.928. The molecule has 0 spiro atoms. The lowest BCUT2D eigenvalue weighted by Gasteiger charge is -2.21. The molecule has 0 saturated carbocycles. The van der Waals surface area contributed by atoms with Gasteiger partial charge in [-0.25, -0.2) is 0 Å². The maximum atomic E-state index is 12.1. The first-order valence-corrected chi connectivity index (χ1v) is 6.69. The first-order valence-electron chi connectivity index (χ1n) is 6.69. The predicted octanol–water partition coefficient (Wildman–Crippen LogP) is 2.65. The number of halogens is 1. The number of ketones is 1. The maximum absolute atomic E-state index is 12.1. The fourth-order valence-corrected chi connectivity index (χ4v) is 2.18. The average molecular weight is 287 g/mol. The number of hydrogen-bond donors (Lipinski definition) is 1. The van der Waals surface area contributed by atoms with Crippen LogP contribution in [0.25, 0.3) is 0 Å². The number of piperidine rings is 1. The molecule has 19 heavy (non-hydrogen) atoms. The van der Waals surface area contributed by atoms with E-state index in [2.05, 4.69) is 31.2 Å². The van der Waals surface area contributed by atoms with E-state index in [1.165, 1.54) is 6.42 Å². The summed E-state index contributed by atoms with van der Waals surface area (Å²) in [5.74, 6) is 1.06. The van der Waals surface area contributed by atoms with E-state index in [1.807, 2.05) is 6.07 Å². The number of nitrogens with zero attached hydrogens (tertiary/aromatic N) is 1. The largest absolute Gasteiger partial charge is 0.361 e. The highest BCUT2D eigenvalue weighted by atomic mass is 35.5. The summed E-state index contributed by atoms with van der Waals surface area (Å²) in [6.45, 7) is 7.16. The van der Waals surface area contributed by atoms with Crippen LogP contribution in [0.5, 0.6) is 0 Å². The van der Waals surface area contributed by atoms with Gasteiger partial charge in [-0.1, -0.05) is 32.3 Å². The van der Waals surface area contributed by atoms with Gasteiger partial charge in [-0.15, -0.1) is 12.4 Å². The summed E-state index contributed by atoms with van der Waals surface area (Å²) in [5.41, 5.74) is 0.689. The maximum Gasteiger partial charge on any atom is 0.155 e. The van der Waals surface area contributed by atoms with Gasteiger partial charge in [0.2, 0.25) is 0 Å². The molecule has 5 heteroatoms. The van der Waals surface area contributed by atoms with Crippen molar-refractivity contribution >= 4 is 18.2 Å². The second-order valence-electron chi connectivity index (χ2n) is 6.08. The Morgan fingerprint density at radius 3 is 2.74 bits per heavy atom. The van der Waals surface area contributed by atoms with Crippen molar-refractivity contribution in [2.24, 2.45) is 0 Å². The first kappa shape index (κ1) is 16.2. The van der Waals surface area contributed by atoms with Crippen LogP contribution in [0, 0.1) is 0 Å². The highest BCUT2D eigenvalue weighted by molar-refractivity contribution is 5.86. The summed E-state index contributed by atoms with van der Waals surface area (Å²) in [5, 5.41) is 7.26. The molecular weight excluding hydrogens is 264 g/mol. The molecule has 1 unspecified atom stereocenters. The number of carbonyl (C=O) groups is 1. The second kappa shape index (κ2) is 6.53. The molecule has 1 aromatic rings. The lowest BCUT2D eigenvalue weighted by molar-refractivity contribution is -0.121. The summed E-state index contributed by atoms with van der Waals surface area (Å²) >= 11 is 0. The van der Waals surface area contributed by atoms with Gasteiger partial charge < -0.3 is 9.84 Å². The zero-order chi connectivity index (χ0) is 13.2. The Balaban J connectivity index is 0.00000180. The van der Waals surface area contributed by atoms with Gasteiger partial charge in [0.05, 0.1) is 18.2 Å². The van der Waals surface area contributed by atoms with Crippen LogP contribution in [0.4, 0.5) is 0 Å². The number of rotatable bonds is 3. The Morgan fingerprint density at radius 1 is 1.47 bits per heavy atom. The SMILES string of the molecule is CC(C)(C)c1cc(CC(=O)C2CCCCN2)no1.Cl. The standard InChI is InChI=1S/C14H22N2O2.ClH/c1-14(2,3)13-9-10(16-18-13)8-12(17)11-6-4-5-7-15-11;/h9,11,15H,4-8H2,1-3H3;1H. The molecule has 1 atom stereocenters. The molecule has 1 saturated heterocycles. The average Bonchev–Trinajstić information content (AvgIpc) is 2.78. The summed E-state index contributed by atoms with van der Waals surface area (Å²) < 4.78 is 5.29. The molecule has 1 N–H and O–H groups in total. The van der Waals surface area contributed by atoms with Crippen LogP contribution in [0.3, 0.4) is 0 Å². The third-order valence-corrected chi connectivity index (χ3v) is 3.35. The van der Waals surface area contributed by atoms with Crippen molar-refractivity contribution in [3.05, 3.63) is 17.5 Å². The molecule has 0 radical (unpaired) electrons. The molecule has 0 aliphatic carbocycles. The molecule has 0 amide bonds. The molecule has 1 fully saturated rings. The molecule has 1 aliphatic rings. The fraction of sp³-hybridized carbons (Fsp3) is 0.714. The van der Waals surface area contributed by atoms with Crippen LogP contribution >= 0.6 is 12.4 Å². The molecule has 0 bridgehead atoms. The van der Waals surface area contributed by atoms with Crippen molar-refractivity contribution in [3.63, 3.8) is 0 Å². The van der Waals surface area contributed by atoms with E-state index in [1.54, 1.807) is 0 Å². The molecule has 0 aromatic carbocycles. The summed E-state index contributed by atoms with van der Waals surface area (Å²) in [7, 11) is 0. The summed E-state index contributed by atoms with van der Waals surface area (Å²) in [4.78, 5) is 12.1. The highest BCUT2D eigenvalue weighted by Crippen LogP contribution is 2.23. The van der Waals surface area contributed by atoms with Gasteiger partial charge in [-0.3, -0.25) is 4.79 Å². The minimum atomic E-state index is -0.0581. The Hall–Kier alpha value is -0.870. The second-order valence-corrected chi connectivity index (χ2v) is 6.08. The van der Waals surface area contributed by atoms with Crippen LogP contribution in [-0.4, -0.2) is 23.5 Å². The van der Waals surface area contributed by atoms with Crippen molar-refractivity contribution in [1.82, 2.24) is 10.5 Å². The van der Waals surface area contributed by atoms with Crippen molar-refractivity contribution in [3.8, 4) is 0 Å². The number of aromatic nitrogens is 1. The number of Topliss-reactive ketones (excluding diaryl/α,β-unsaturated/α-hetero) is 1. The number of hydrogen-bond acceptors (Lipinski definition) is 4. The lowest BCUT2D eigenvalue weighted by Crippen LogP contribution is -2.41. The number of nitrogens with one attached hydrogen (secondary N) is 1. The van der Waals surface area contributed by atoms with Gasteiger partial charge >= 0.3 is 0 Å². The summed E-state index contributed by atoms with van der Waals surface area (Å²) in [6, 6.07) is 1.91. The molecule has 2 rings (SSSR count). The minimum Gasteiger partial charge on any atom is -0.361 e. The molecule has 2 heterocycles. The van der Waals surface area contributed by atoms with E-state index in [4.69, 9.17) is 4.52 Å². The topological polar surface area (TPSA) is 55.1 Å².